The molecular weight excluding hydrogens is 608 g/mol. The average Bonchev–Trinajstić information content (AvgIpc) is 3.67. The number of hydrogen-bond acceptors (Lipinski definition) is 7. The van der Waals surface area contributed by atoms with Crippen molar-refractivity contribution in [3.63, 3.8) is 0 Å². The van der Waals surface area contributed by atoms with E-state index < -0.39 is 52.9 Å². The first kappa shape index (κ1) is 31.6. The van der Waals surface area contributed by atoms with Crippen LogP contribution < -0.4 is 9.62 Å². The zero-order chi connectivity index (χ0) is 32.5. The number of sulfonamides is 1. The molecule has 0 spiro atoms. The molecule has 5 rings (SSSR count). The Morgan fingerprint density at radius 3 is 2.47 bits per heavy atom. The number of nitrogens with zero attached hydrogens (tertiary/aromatic N) is 2. The highest BCUT2D eigenvalue weighted by Gasteiger charge is 2.35. The molecule has 1 aliphatic rings. The second kappa shape index (κ2) is 12.7. The molecule has 2 amide bonds. The molecule has 13 heteroatoms. The standard InChI is InChI=1S/C32H31F2N3O7S/c1-35-30(38)28-24-17-23(20-6-4-7-21(16-20)31(39)36-14-5-8-25(36)32(40)43-2)26(37(15-13-33)45(3,41)42)18-27(24)44-29(28)19-9-11-22(34)12-10-19/h4,6-7,9-12,16-18,25H,5,8,13-15H2,1-3H3,(H,35,38)/t25-/m0/s1. The molecule has 1 aromatic heterocycles. The molecule has 2 heterocycles. The number of alkyl halides is 1. The van der Waals surface area contributed by atoms with E-state index in [1.54, 1.807) is 30.3 Å². The van der Waals surface area contributed by atoms with Crippen LogP contribution in [0, 0.1) is 5.82 Å². The zero-order valence-electron chi connectivity index (χ0n) is 24.8. The lowest BCUT2D eigenvalue weighted by Gasteiger charge is -2.25. The summed E-state index contributed by atoms with van der Waals surface area (Å²) in [6.07, 6.45) is 2.03. The predicted molar refractivity (Wildman–Crippen MR) is 165 cm³/mol. The third kappa shape index (κ3) is 6.12. The van der Waals surface area contributed by atoms with Crippen LogP contribution in [0.5, 0.6) is 0 Å². The number of ether oxygens (including phenoxy) is 1. The second-order valence-corrected chi connectivity index (χ2v) is 12.4. The maximum absolute atomic E-state index is 13.8. The number of anilines is 1. The van der Waals surface area contributed by atoms with E-state index in [0.29, 0.717) is 35.9 Å². The van der Waals surface area contributed by atoms with Crippen LogP contribution in [-0.4, -0.2) is 77.3 Å². The zero-order valence-corrected chi connectivity index (χ0v) is 25.6. The Bertz CT molecular complexity index is 1890. The van der Waals surface area contributed by atoms with E-state index in [4.69, 9.17) is 9.15 Å². The van der Waals surface area contributed by atoms with E-state index in [1.165, 1.54) is 49.4 Å². The van der Waals surface area contributed by atoms with Gasteiger partial charge in [-0.05, 0) is 60.9 Å². The fourth-order valence-electron chi connectivity index (χ4n) is 5.64. The number of rotatable bonds is 9. The fourth-order valence-corrected chi connectivity index (χ4v) is 6.55. The number of fused-ring (bicyclic) bond motifs is 1. The minimum absolute atomic E-state index is 0.0590. The van der Waals surface area contributed by atoms with Crippen molar-refractivity contribution in [3.05, 3.63) is 77.6 Å². The SMILES string of the molecule is CNC(=O)c1c(-c2ccc(F)cc2)oc2cc(N(CCF)S(C)(=O)=O)c(-c3cccc(C(=O)N4CCC[C@H]4C(=O)OC)c3)cc12. The minimum atomic E-state index is -4.02. The lowest BCUT2D eigenvalue weighted by molar-refractivity contribution is -0.145. The van der Waals surface area contributed by atoms with Crippen LogP contribution in [0.2, 0.25) is 0 Å². The number of carbonyl (C=O) groups is 3. The van der Waals surface area contributed by atoms with Crippen molar-refractivity contribution in [2.24, 2.45) is 0 Å². The monoisotopic (exact) mass is 639 g/mol. The van der Waals surface area contributed by atoms with Gasteiger partial charge in [0.05, 0.1) is 31.2 Å². The Kier molecular flexibility index (Phi) is 8.91. The van der Waals surface area contributed by atoms with Crippen LogP contribution in [0.25, 0.3) is 33.4 Å². The molecule has 0 saturated carbocycles. The number of carbonyl (C=O) groups excluding carboxylic acids is 3. The van der Waals surface area contributed by atoms with Gasteiger partial charge in [-0.15, -0.1) is 0 Å². The quantitative estimate of drug-likeness (QED) is 0.261. The van der Waals surface area contributed by atoms with E-state index in [2.05, 4.69) is 5.32 Å². The van der Waals surface area contributed by atoms with Gasteiger partial charge in [-0.25, -0.2) is 22.0 Å². The lowest BCUT2D eigenvalue weighted by Crippen LogP contribution is -2.41. The summed E-state index contributed by atoms with van der Waals surface area (Å²) in [5.74, 6) is -1.81. The number of nitrogens with one attached hydrogen (secondary N) is 1. The molecule has 1 N–H and O–H groups in total. The van der Waals surface area contributed by atoms with Gasteiger partial charge >= 0.3 is 5.97 Å². The van der Waals surface area contributed by atoms with E-state index in [-0.39, 0.29) is 33.7 Å². The molecule has 1 fully saturated rings. The number of esters is 1. The van der Waals surface area contributed by atoms with Gasteiger partial charge in [0.1, 0.15) is 29.9 Å². The summed E-state index contributed by atoms with van der Waals surface area (Å²) in [5, 5.41) is 2.89. The Morgan fingerprint density at radius 2 is 1.82 bits per heavy atom. The topological polar surface area (TPSA) is 126 Å². The van der Waals surface area contributed by atoms with Crippen LogP contribution in [0.1, 0.15) is 33.6 Å². The smallest absolute Gasteiger partial charge is 0.328 e. The Balaban J connectivity index is 1.74. The van der Waals surface area contributed by atoms with Crippen molar-refractivity contribution >= 4 is 44.5 Å². The van der Waals surface area contributed by atoms with Gasteiger partial charge in [0.15, 0.2) is 0 Å². The van der Waals surface area contributed by atoms with Gasteiger partial charge < -0.3 is 19.4 Å². The van der Waals surface area contributed by atoms with Crippen molar-refractivity contribution in [2.45, 2.75) is 18.9 Å². The van der Waals surface area contributed by atoms with Crippen molar-refractivity contribution in [1.82, 2.24) is 10.2 Å². The molecule has 0 unspecified atom stereocenters. The number of methoxy groups -OCH3 is 1. The molecule has 236 valence electrons. The molecule has 1 aliphatic heterocycles. The Labute approximate surface area is 258 Å². The first-order chi connectivity index (χ1) is 21.5. The summed E-state index contributed by atoms with van der Waals surface area (Å²) in [6, 6.07) is 13.9. The van der Waals surface area contributed by atoms with E-state index in [1.807, 2.05) is 0 Å². The van der Waals surface area contributed by atoms with Gasteiger partial charge in [0.2, 0.25) is 10.0 Å². The van der Waals surface area contributed by atoms with Crippen molar-refractivity contribution in [3.8, 4) is 22.5 Å². The summed E-state index contributed by atoms with van der Waals surface area (Å²) >= 11 is 0. The number of hydrogen-bond donors (Lipinski definition) is 1. The molecule has 1 saturated heterocycles. The summed E-state index contributed by atoms with van der Waals surface area (Å²) in [4.78, 5) is 40.5. The van der Waals surface area contributed by atoms with Gasteiger partial charge in [-0.2, -0.15) is 0 Å². The second-order valence-electron chi connectivity index (χ2n) is 10.5. The molecule has 4 aromatic rings. The molecule has 3 aromatic carbocycles. The number of amides is 2. The van der Waals surface area contributed by atoms with Crippen LogP contribution >= 0.6 is 0 Å². The van der Waals surface area contributed by atoms with E-state index >= 15 is 0 Å². The molecule has 10 nitrogen and oxygen atoms in total. The van der Waals surface area contributed by atoms with Gasteiger partial charge in [0, 0.05) is 41.7 Å². The van der Waals surface area contributed by atoms with Gasteiger partial charge in [-0.1, -0.05) is 12.1 Å². The number of likely N-dealkylation sites (tertiary alicyclic amines) is 1. The minimum Gasteiger partial charge on any atom is -0.467 e. The van der Waals surface area contributed by atoms with Gasteiger partial charge in [-0.3, -0.25) is 13.9 Å². The predicted octanol–water partition coefficient (Wildman–Crippen LogP) is 4.78. The van der Waals surface area contributed by atoms with E-state index in [0.717, 1.165) is 10.6 Å². The highest BCUT2D eigenvalue weighted by Crippen LogP contribution is 2.42. The summed E-state index contributed by atoms with van der Waals surface area (Å²) < 4.78 is 65.2. The Hall–Kier alpha value is -4.78. The number of halogens is 2. The highest BCUT2D eigenvalue weighted by molar-refractivity contribution is 7.92. The Morgan fingerprint density at radius 1 is 1.09 bits per heavy atom. The maximum atomic E-state index is 13.8. The van der Waals surface area contributed by atoms with Gasteiger partial charge in [0.25, 0.3) is 11.8 Å². The lowest BCUT2D eigenvalue weighted by atomic mass is 9.97. The van der Waals surface area contributed by atoms with Crippen molar-refractivity contribution in [1.29, 1.82) is 0 Å². The average molecular weight is 640 g/mol. The molecule has 0 radical (unpaired) electrons. The third-order valence-electron chi connectivity index (χ3n) is 7.73. The first-order valence-corrected chi connectivity index (χ1v) is 15.9. The summed E-state index contributed by atoms with van der Waals surface area (Å²) in [7, 11) is -1.32. The third-order valence-corrected chi connectivity index (χ3v) is 8.91. The van der Waals surface area contributed by atoms with Crippen LogP contribution in [0.15, 0.2) is 65.1 Å². The summed E-state index contributed by atoms with van der Waals surface area (Å²) in [5.41, 5.74) is 1.61. The molecule has 1 atom stereocenters. The van der Waals surface area contributed by atoms with Crippen molar-refractivity contribution in [2.75, 3.05) is 44.5 Å². The van der Waals surface area contributed by atoms with Crippen LogP contribution in [0.3, 0.4) is 0 Å². The molecular formula is C32H31F2N3O7S. The largest absolute Gasteiger partial charge is 0.467 e. The molecule has 45 heavy (non-hydrogen) atoms. The molecule has 0 aliphatic carbocycles. The maximum Gasteiger partial charge on any atom is 0.328 e. The normalized spacial score (nSPS) is 14.9. The van der Waals surface area contributed by atoms with Crippen molar-refractivity contribution < 1.29 is 40.7 Å². The number of furan rings is 1. The fraction of sp³-hybridized carbons (Fsp3) is 0.281. The summed E-state index contributed by atoms with van der Waals surface area (Å²) in [6.45, 7) is -1.14. The first-order valence-electron chi connectivity index (χ1n) is 14.1. The molecule has 0 bridgehead atoms. The van der Waals surface area contributed by atoms with E-state index in [9.17, 15) is 31.6 Å². The number of benzene rings is 3. The van der Waals surface area contributed by atoms with Crippen LogP contribution in [-0.2, 0) is 19.6 Å². The highest BCUT2D eigenvalue weighted by atomic mass is 32.2. The van der Waals surface area contributed by atoms with Crippen LogP contribution in [0.4, 0.5) is 14.5 Å².